The second-order valence-electron chi connectivity index (χ2n) is 5.14. The van der Waals surface area contributed by atoms with Gasteiger partial charge >= 0.3 is 0 Å². The van der Waals surface area contributed by atoms with Gasteiger partial charge in [-0.3, -0.25) is 4.90 Å². The molecule has 1 heterocycles. The third-order valence-electron chi connectivity index (χ3n) is 3.88. The summed E-state index contributed by atoms with van der Waals surface area (Å²) in [4.78, 5) is 2.61. The molecule has 2 rings (SSSR count). The third kappa shape index (κ3) is 3.56. The Balaban J connectivity index is 2.09. The van der Waals surface area contributed by atoms with Crippen LogP contribution in [0.2, 0.25) is 0 Å². The van der Waals surface area contributed by atoms with Gasteiger partial charge in [-0.2, -0.15) is 0 Å². The number of hydrogen-bond acceptors (Lipinski definition) is 2. The minimum Gasteiger partial charge on any atom is -0.313 e. The second-order valence-corrected chi connectivity index (χ2v) is 6.05. The topological polar surface area (TPSA) is 15.3 Å². The SMILES string of the molecule is CCC1CN(C(C)c2cccc(Br)c2)CCCN1. The van der Waals surface area contributed by atoms with Crippen molar-refractivity contribution in [1.82, 2.24) is 10.2 Å². The summed E-state index contributed by atoms with van der Waals surface area (Å²) in [5.74, 6) is 0. The second kappa shape index (κ2) is 6.69. The molecule has 18 heavy (non-hydrogen) atoms. The normalized spacial score (nSPS) is 23.6. The van der Waals surface area contributed by atoms with Gasteiger partial charge in [-0.25, -0.2) is 0 Å². The molecule has 2 atom stereocenters. The summed E-state index contributed by atoms with van der Waals surface area (Å²) in [7, 11) is 0. The first-order valence-corrected chi connectivity index (χ1v) is 7.73. The largest absolute Gasteiger partial charge is 0.313 e. The maximum atomic E-state index is 3.63. The van der Waals surface area contributed by atoms with E-state index in [9.17, 15) is 0 Å². The molecule has 100 valence electrons. The minimum atomic E-state index is 0.497. The third-order valence-corrected chi connectivity index (χ3v) is 4.37. The number of hydrogen-bond donors (Lipinski definition) is 1. The van der Waals surface area contributed by atoms with Crippen LogP contribution in [0.25, 0.3) is 0 Å². The lowest BCUT2D eigenvalue weighted by Gasteiger charge is -2.30. The lowest BCUT2D eigenvalue weighted by atomic mass is 10.1. The van der Waals surface area contributed by atoms with Crippen LogP contribution >= 0.6 is 15.9 Å². The van der Waals surface area contributed by atoms with Crippen LogP contribution in [0.3, 0.4) is 0 Å². The van der Waals surface area contributed by atoms with Gasteiger partial charge in [-0.1, -0.05) is 35.0 Å². The first kappa shape index (κ1) is 14.0. The highest BCUT2D eigenvalue weighted by atomic mass is 79.9. The zero-order valence-corrected chi connectivity index (χ0v) is 12.9. The van der Waals surface area contributed by atoms with Crippen molar-refractivity contribution in [2.24, 2.45) is 0 Å². The quantitative estimate of drug-likeness (QED) is 0.918. The molecule has 1 aliphatic heterocycles. The molecule has 1 aliphatic rings. The van der Waals surface area contributed by atoms with Crippen LogP contribution in [0, 0.1) is 0 Å². The Kier molecular flexibility index (Phi) is 5.22. The highest BCUT2D eigenvalue weighted by Crippen LogP contribution is 2.24. The fourth-order valence-corrected chi connectivity index (χ4v) is 3.05. The molecule has 2 nitrogen and oxygen atoms in total. The molecule has 2 unspecified atom stereocenters. The fraction of sp³-hybridized carbons (Fsp3) is 0.600. The van der Waals surface area contributed by atoms with E-state index in [-0.39, 0.29) is 0 Å². The Bertz CT molecular complexity index is 381. The lowest BCUT2D eigenvalue weighted by Crippen LogP contribution is -2.38. The van der Waals surface area contributed by atoms with Crippen LogP contribution in [0.1, 0.15) is 38.3 Å². The highest BCUT2D eigenvalue weighted by molar-refractivity contribution is 9.10. The lowest BCUT2D eigenvalue weighted by molar-refractivity contribution is 0.205. The zero-order valence-electron chi connectivity index (χ0n) is 11.3. The first-order valence-electron chi connectivity index (χ1n) is 6.93. The van der Waals surface area contributed by atoms with E-state index in [0.717, 1.165) is 13.1 Å². The van der Waals surface area contributed by atoms with Crippen molar-refractivity contribution in [3.8, 4) is 0 Å². The van der Waals surface area contributed by atoms with Crippen molar-refractivity contribution in [3.05, 3.63) is 34.3 Å². The van der Waals surface area contributed by atoms with Gasteiger partial charge in [-0.15, -0.1) is 0 Å². The molecule has 3 heteroatoms. The summed E-state index contributed by atoms with van der Waals surface area (Å²) < 4.78 is 1.17. The summed E-state index contributed by atoms with van der Waals surface area (Å²) in [6, 6.07) is 9.83. The number of nitrogens with zero attached hydrogens (tertiary/aromatic N) is 1. The van der Waals surface area contributed by atoms with Crippen molar-refractivity contribution >= 4 is 15.9 Å². The average Bonchev–Trinajstić information content (AvgIpc) is 2.63. The van der Waals surface area contributed by atoms with Gasteiger partial charge in [0.05, 0.1) is 0 Å². The predicted molar refractivity (Wildman–Crippen MR) is 80.8 cm³/mol. The standard InChI is InChI=1S/C15H23BrN2/c1-3-15-11-18(9-5-8-17-15)12(2)13-6-4-7-14(16)10-13/h4,6-7,10,12,15,17H,3,5,8-9,11H2,1-2H3. The van der Waals surface area contributed by atoms with E-state index in [2.05, 4.69) is 64.3 Å². The van der Waals surface area contributed by atoms with Crippen LogP contribution in [-0.2, 0) is 0 Å². The predicted octanol–water partition coefficient (Wildman–Crippen LogP) is 3.58. The van der Waals surface area contributed by atoms with Crippen molar-refractivity contribution in [2.75, 3.05) is 19.6 Å². The number of halogens is 1. The van der Waals surface area contributed by atoms with Gasteiger partial charge in [0.1, 0.15) is 0 Å². The minimum absolute atomic E-state index is 0.497. The molecule has 0 radical (unpaired) electrons. The molecule has 1 aromatic carbocycles. The molecular weight excluding hydrogens is 288 g/mol. The summed E-state index contributed by atoms with van der Waals surface area (Å²) in [6.45, 7) is 8.09. The molecule has 1 aromatic rings. The van der Waals surface area contributed by atoms with Crippen LogP contribution < -0.4 is 5.32 Å². The van der Waals surface area contributed by atoms with Gasteiger partial charge in [0.2, 0.25) is 0 Å². The Morgan fingerprint density at radius 1 is 1.50 bits per heavy atom. The van der Waals surface area contributed by atoms with Crippen molar-refractivity contribution in [1.29, 1.82) is 0 Å². The molecule has 1 saturated heterocycles. The molecular formula is C15H23BrN2. The number of nitrogens with one attached hydrogen (secondary N) is 1. The van der Waals surface area contributed by atoms with E-state index in [1.807, 2.05) is 0 Å². The van der Waals surface area contributed by atoms with Crippen LogP contribution in [0.15, 0.2) is 28.7 Å². The summed E-state index contributed by atoms with van der Waals surface area (Å²) >= 11 is 3.56. The molecule has 1 fully saturated rings. The fourth-order valence-electron chi connectivity index (χ4n) is 2.63. The monoisotopic (exact) mass is 310 g/mol. The Morgan fingerprint density at radius 2 is 2.33 bits per heavy atom. The molecule has 1 N–H and O–H groups in total. The van der Waals surface area contributed by atoms with Gasteiger partial charge in [-0.05, 0) is 44.0 Å². The zero-order chi connectivity index (χ0) is 13.0. The Labute approximate surface area is 119 Å². The maximum absolute atomic E-state index is 3.63. The Hall–Kier alpha value is -0.380. The molecule has 0 amide bonds. The van der Waals surface area contributed by atoms with Gasteiger partial charge < -0.3 is 5.32 Å². The van der Waals surface area contributed by atoms with Gasteiger partial charge in [0.15, 0.2) is 0 Å². The first-order chi connectivity index (χ1) is 8.70. The molecule has 0 saturated carbocycles. The summed E-state index contributed by atoms with van der Waals surface area (Å²) in [5.41, 5.74) is 1.40. The molecule has 0 bridgehead atoms. The Morgan fingerprint density at radius 3 is 3.06 bits per heavy atom. The maximum Gasteiger partial charge on any atom is 0.0320 e. The summed E-state index contributed by atoms with van der Waals surface area (Å²) in [5, 5.41) is 3.63. The van der Waals surface area contributed by atoms with E-state index < -0.39 is 0 Å². The molecule has 0 spiro atoms. The van der Waals surface area contributed by atoms with Crippen molar-refractivity contribution in [2.45, 2.75) is 38.8 Å². The van der Waals surface area contributed by atoms with Crippen molar-refractivity contribution < 1.29 is 0 Å². The van der Waals surface area contributed by atoms with Crippen molar-refractivity contribution in [3.63, 3.8) is 0 Å². The highest BCUT2D eigenvalue weighted by Gasteiger charge is 2.21. The smallest absolute Gasteiger partial charge is 0.0320 e. The molecule has 0 aliphatic carbocycles. The van der Waals surface area contributed by atoms with Crippen LogP contribution in [0.5, 0.6) is 0 Å². The van der Waals surface area contributed by atoms with Crippen LogP contribution in [0.4, 0.5) is 0 Å². The summed E-state index contributed by atoms with van der Waals surface area (Å²) in [6.07, 6.45) is 2.45. The van der Waals surface area contributed by atoms with Gasteiger partial charge in [0, 0.05) is 29.6 Å². The number of rotatable bonds is 3. The van der Waals surface area contributed by atoms with E-state index in [1.165, 1.54) is 29.4 Å². The van der Waals surface area contributed by atoms with Crippen LogP contribution in [-0.4, -0.2) is 30.6 Å². The van der Waals surface area contributed by atoms with E-state index >= 15 is 0 Å². The van der Waals surface area contributed by atoms with E-state index in [1.54, 1.807) is 0 Å². The van der Waals surface area contributed by atoms with Gasteiger partial charge in [0.25, 0.3) is 0 Å². The number of benzene rings is 1. The van der Waals surface area contributed by atoms with E-state index in [4.69, 9.17) is 0 Å². The van der Waals surface area contributed by atoms with E-state index in [0.29, 0.717) is 12.1 Å². The molecule has 0 aromatic heterocycles. The average molecular weight is 311 g/mol.